The predicted octanol–water partition coefficient (Wildman–Crippen LogP) is 3.99. The Bertz CT molecular complexity index is 708. The molecule has 1 aromatic heterocycles. The first kappa shape index (κ1) is 12.5. The standard InChI is InChI=1S/C14H10BrNO3S/c15-10-4-3-8(14-13(10)18-6-20-14)11(17)9-5-16-19-12(9)7-1-2-7/h3-5,7H,1-2,6H2. The second-order valence-electron chi connectivity index (χ2n) is 4.87. The van der Waals surface area contributed by atoms with Gasteiger partial charge in [0.15, 0.2) is 11.5 Å². The fourth-order valence-corrected chi connectivity index (χ4v) is 3.83. The summed E-state index contributed by atoms with van der Waals surface area (Å²) in [7, 11) is 0. The highest BCUT2D eigenvalue weighted by molar-refractivity contribution is 9.10. The highest BCUT2D eigenvalue weighted by Gasteiger charge is 2.34. The number of fused-ring (bicyclic) bond motifs is 1. The van der Waals surface area contributed by atoms with Crippen LogP contribution in [-0.2, 0) is 0 Å². The molecule has 0 radical (unpaired) electrons. The maximum absolute atomic E-state index is 12.7. The summed E-state index contributed by atoms with van der Waals surface area (Å²) in [4.78, 5) is 13.6. The molecular formula is C14H10BrNO3S. The van der Waals surface area contributed by atoms with E-state index < -0.39 is 0 Å². The van der Waals surface area contributed by atoms with Crippen molar-refractivity contribution >= 4 is 33.5 Å². The van der Waals surface area contributed by atoms with Crippen LogP contribution in [0.2, 0.25) is 0 Å². The monoisotopic (exact) mass is 351 g/mol. The average molecular weight is 352 g/mol. The van der Waals surface area contributed by atoms with Gasteiger partial charge < -0.3 is 9.26 Å². The van der Waals surface area contributed by atoms with Gasteiger partial charge >= 0.3 is 0 Å². The third-order valence-corrected chi connectivity index (χ3v) is 5.06. The summed E-state index contributed by atoms with van der Waals surface area (Å²) in [6.45, 7) is 0. The van der Waals surface area contributed by atoms with Crippen LogP contribution in [0.15, 0.2) is 32.2 Å². The normalized spacial score (nSPS) is 16.9. The molecule has 20 heavy (non-hydrogen) atoms. The van der Waals surface area contributed by atoms with Gasteiger partial charge in [-0.15, -0.1) is 0 Å². The minimum absolute atomic E-state index is 0.0325. The van der Waals surface area contributed by atoms with Crippen molar-refractivity contribution in [3.8, 4) is 5.75 Å². The Labute approximate surface area is 128 Å². The fourth-order valence-electron chi connectivity index (χ4n) is 2.35. The van der Waals surface area contributed by atoms with Crippen LogP contribution in [0.4, 0.5) is 0 Å². The summed E-state index contributed by atoms with van der Waals surface area (Å²) in [6.07, 6.45) is 3.68. The van der Waals surface area contributed by atoms with E-state index in [4.69, 9.17) is 9.26 Å². The van der Waals surface area contributed by atoms with Crippen LogP contribution in [0, 0.1) is 0 Å². The van der Waals surface area contributed by atoms with E-state index in [2.05, 4.69) is 21.1 Å². The first-order valence-electron chi connectivity index (χ1n) is 6.33. The number of thioether (sulfide) groups is 1. The molecule has 2 aromatic rings. The van der Waals surface area contributed by atoms with Gasteiger partial charge in [-0.25, -0.2) is 0 Å². The number of ketones is 1. The maximum Gasteiger partial charge on any atom is 0.199 e. The third kappa shape index (κ3) is 1.90. The molecule has 4 nitrogen and oxygen atoms in total. The molecule has 1 aromatic carbocycles. The summed E-state index contributed by atoms with van der Waals surface area (Å²) >= 11 is 4.99. The molecule has 0 bridgehead atoms. The molecule has 2 heterocycles. The Morgan fingerprint density at radius 2 is 2.20 bits per heavy atom. The molecule has 1 aliphatic carbocycles. The lowest BCUT2D eigenvalue weighted by Crippen LogP contribution is -2.04. The van der Waals surface area contributed by atoms with Gasteiger partial charge in [0.2, 0.25) is 0 Å². The Balaban J connectivity index is 1.79. The first-order chi connectivity index (χ1) is 9.75. The summed E-state index contributed by atoms with van der Waals surface area (Å²) in [5.74, 6) is 2.36. The Kier molecular flexibility index (Phi) is 2.89. The molecule has 0 saturated heterocycles. The zero-order valence-corrected chi connectivity index (χ0v) is 12.8. The number of carbonyl (C=O) groups excluding carboxylic acids is 1. The Hall–Kier alpha value is -1.27. The van der Waals surface area contributed by atoms with Gasteiger partial charge in [-0.05, 0) is 40.9 Å². The van der Waals surface area contributed by atoms with Crippen LogP contribution in [0.3, 0.4) is 0 Å². The number of carbonyl (C=O) groups is 1. The largest absolute Gasteiger partial charge is 0.480 e. The van der Waals surface area contributed by atoms with Crippen LogP contribution < -0.4 is 4.74 Å². The van der Waals surface area contributed by atoms with Gasteiger partial charge in [0.1, 0.15) is 11.7 Å². The molecule has 1 fully saturated rings. The van der Waals surface area contributed by atoms with Crippen molar-refractivity contribution in [3.05, 3.63) is 39.7 Å². The number of ether oxygens (including phenoxy) is 1. The van der Waals surface area contributed by atoms with E-state index in [1.807, 2.05) is 12.1 Å². The number of hydrogen-bond donors (Lipinski definition) is 0. The van der Waals surface area contributed by atoms with E-state index in [-0.39, 0.29) is 5.78 Å². The Morgan fingerprint density at radius 1 is 1.35 bits per heavy atom. The zero-order valence-electron chi connectivity index (χ0n) is 10.4. The minimum Gasteiger partial charge on any atom is -0.480 e. The van der Waals surface area contributed by atoms with Gasteiger partial charge in [-0.2, -0.15) is 0 Å². The molecule has 0 spiro atoms. The van der Waals surface area contributed by atoms with Crippen LogP contribution in [0.5, 0.6) is 5.75 Å². The smallest absolute Gasteiger partial charge is 0.199 e. The van der Waals surface area contributed by atoms with E-state index in [1.165, 1.54) is 6.20 Å². The van der Waals surface area contributed by atoms with E-state index in [0.717, 1.165) is 33.7 Å². The maximum atomic E-state index is 12.7. The molecule has 1 saturated carbocycles. The van der Waals surface area contributed by atoms with Crippen molar-refractivity contribution < 1.29 is 14.1 Å². The number of nitrogens with zero attached hydrogens (tertiary/aromatic N) is 1. The molecule has 0 N–H and O–H groups in total. The van der Waals surface area contributed by atoms with Gasteiger partial charge in [0, 0.05) is 11.5 Å². The summed E-state index contributed by atoms with van der Waals surface area (Å²) in [5, 5.41) is 3.80. The van der Waals surface area contributed by atoms with Crippen LogP contribution in [0.1, 0.15) is 40.4 Å². The molecule has 102 valence electrons. The fraction of sp³-hybridized carbons (Fsp3) is 0.286. The molecular weight excluding hydrogens is 342 g/mol. The number of halogens is 1. The summed E-state index contributed by atoms with van der Waals surface area (Å²) in [5.41, 5.74) is 1.25. The van der Waals surface area contributed by atoms with E-state index in [0.29, 0.717) is 23.0 Å². The lowest BCUT2D eigenvalue weighted by molar-refractivity contribution is 0.103. The van der Waals surface area contributed by atoms with Crippen molar-refractivity contribution in [2.24, 2.45) is 0 Å². The second kappa shape index (κ2) is 4.63. The Morgan fingerprint density at radius 3 is 3.00 bits per heavy atom. The van der Waals surface area contributed by atoms with Gasteiger partial charge in [0.25, 0.3) is 0 Å². The number of benzene rings is 1. The van der Waals surface area contributed by atoms with E-state index >= 15 is 0 Å². The number of rotatable bonds is 3. The van der Waals surface area contributed by atoms with Gasteiger partial charge in [0.05, 0.1) is 21.1 Å². The average Bonchev–Trinajstić information content (AvgIpc) is 2.99. The van der Waals surface area contributed by atoms with Crippen molar-refractivity contribution in [2.45, 2.75) is 23.7 Å². The minimum atomic E-state index is -0.0325. The van der Waals surface area contributed by atoms with Crippen LogP contribution >= 0.6 is 27.7 Å². The SMILES string of the molecule is O=C(c1cnoc1C1CC1)c1ccc(Br)c2c1SCO2. The first-order valence-corrected chi connectivity index (χ1v) is 8.11. The highest BCUT2D eigenvalue weighted by atomic mass is 79.9. The van der Waals surface area contributed by atoms with Gasteiger partial charge in [-0.3, -0.25) is 4.79 Å². The lowest BCUT2D eigenvalue weighted by Gasteiger charge is -2.06. The van der Waals surface area contributed by atoms with Crippen LogP contribution in [0.25, 0.3) is 0 Å². The molecule has 6 heteroatoms. The predicted molar refractivity (Wildman–Crippen MR) is 77.4 cm³/mol. The molecule has 2 aliphatic rings. The molecule has 0 amide bonds. The summed E-state index contributed by atoms with van der Waals surface area (Å²) < 4.78 is 11.7. The van der Waals surface area contributed by atoms with E-state index in [9.17, 15) is 4.79 Å². The molecule has 0 unspecified atom stereocenters. The highest BCUT2D eigenvalue weighted by Crippen LogP contribution is 2.46. The second-order valence-corrected chi connectivity index (χ2v) is 6.65. The quantitative estimate of drug-likeness (QED) is 0.782. The molecule has 4 rings (SSSR count). The van der Waals surface area contributed by atoms with Crippen molar-refractivity contribution in [2.75, 3.05) is 5.94 Å². The van der Waals surface area contributed by atoms with Crippen molar-refractivity contribution in [3.63, 3.8) is 0 Å². The molecule has 1 aliphatic heterocycles. The third-order valence-electron chi connectivity index (χ3n) is 3.51. The number of aromatic nitrogens is 1. The zero-order chi connectivity index (χ0) is 13.7. The van der Waals surface area contributed by atoms with Crippen molar-refractivity contribution in [1.82, 2.24) is 5.16 Å². The summed E-state index contributed by atoms with van der Waals surface area (Å²) in [6, 6.07) is 3.68. The van der Waals surface area contributed by atoms with Crippen LogP contribution in [-0.4, -0.2) is 16.9 Å². The van der Waals surface area contributed by atoms with Gasteiger partial charge in [-0.1, -0.05) is 16.9 Å². The van der Waals surface area contributed by atoms with E-state index in [1.54, 1.807) is 11.8 Å². The topological polar surface area (TPSA) is 52.3 Å². The van der Waals surface area contributed by atoms with Crippen molar-refractivity contribution in [1.29, 1.82) is 0 Å². The number of hydrogen-bond acceptors (Lipinski definition) is 5. The molecule has 0 atom stereocenters. The lowest BCUT2D eigenvalue weighted by atomic mass is 10.0.